The predicted molar refractivity (Wildman–Crippen MR) is 79.7 cm³/mol. The van der Waals surface area contributed by atoms with Crippen LogP contribution in [0.5, 0.6) is 0 Å². The van der Waals surface area contributed by atoms with E-state index in [1.807, 2.05) is 24.3 Å². The van der Waals surface area contributed by atoms with Crippen LogP contribution in [0.2, 0.25) is 5.02 Å². The van der Waals surface area contributed by atoms with Crippen molar-refractivity contribution in [1.29, 1.82) is 0 Å². The van der Waals surface area contributed by atoms with E-state index in [-0.39, 0.29) is 0 Å². The summed E-state index contributed by atoms with van der Waals surface area (Å²) in [6.45, 7) is 6.05. The lowest BCUT2D eigenvalue weighted by Gasteiger charge is -2.32. The highest BCUT2D eigenvalue weighted by Crippen LogP contribution is 2.23. The van der Waals surface area contributed by atoms with Gasteiger partial charge in [0.25, 0.3) is 0 Å². The average molecular weight is 292 g/mol. The van der Waals surface area contributed by atoms with Gasteiger partial charge in [0.2, 0.25) is 5.89 Å². The molecule has 0 aliphatic carbocycles. The highest BCUT2D eigenvalue weighted by atomic mass is 35.5. The maximum Gasteiger partial charge on any atom is 0.209 e. The number of halogens is 1. The van der Waals surface area contributed by atoms with Crippen molar-refractivity contribution < 1.29 is 4.42 Å². The monoisotopic (exact) mass is 291 g/mol. The minimum atomic E-state index is 0.509. The van der Waals surface area contributed by atoms with Gasteiger partial charge in [-0.25, -0.2) is 4.98 Å². The van der Waals surface area contributed by atoms with Gasteiger partial charge in [0.1, 0.15) is 0 Å². The van der Waals surface area contributed by atoms with Crippen molar-refractivity contribution in [2.45, 2.75) is 19.5 Å². The van der Waals surface area contributed by atoms with E-state index in [2.05, 4.69) is 22.1 Å². The molecule has 0 saturated carbocycles. The van der Waals surface area contributed by atoms with Gasteiger partial charge in [0.05, 0.1) is 12.7 Å². The van der Waals surface area contributed by atoms with Crippen LogP contribution >= 0.6 is 11.6 Å². The van der Waals surface area contributed by atoms with Gasteiger partial charge >= 0.3 is 0 Å². The number of piperazine rings is 1. The first-order valence-corrected chi connectivity index (χ1v) is 7.25. The number of nitrogens with zero attached hydrogens (tertiary/aromatic N) is 2. The molecule has 3 rings (SSSR count). The van der Waals surface area contributed by atoms with Crippen molar-refractivity contribution in [2.75, 3.05) is 19.6 Å². The summed E-state index contributed by atoms with van der Waals surface area (Å²) >= 11 is 5.89. The second-order valence-electron chi connectivity index (χ2n) is 5.15. The molecule has 1 saturated heterocycles. The number of benzene rings is 1. The lowest BCUT2D eigenvalue weighted by molar-refractivity contribution is 0.151. The lowest BCUT2D eigenvalue weighted by atomic mass is 10.2. The molecule has 20 heavy (non-hydrogen) atoms. The minimum Gasteiger partial charge on any atom is -0.439 e. The van der Waals surface area contributed by atoms with Gasteiger partial charge in [-0.1, -0.05) is 11.6 Å². The Balaban J connectivity index is 1.71. The molecule has 2 aromatic rings. The molecule has 0 amide bonds. The van der Waals surface area contributed by atoms with E-state index < -0.39 is 0 Å². The fourth-order valence-electron chi connectivity index (χ4n) is 2.42. The van der Waals surface area contributed by atoms with Gasteiger partial charge in [0.15, 0.2) is 5.76 Å². The molecule has 5 heteroatoms. The van der Waals surface area contributed by atoms with Crippen molar-refractivity contribution in [3.63, 3.8) is 0 Å². The Labute approximate surface area is 123 Å². The third-order valence-electron chi connectivity index (χ3n) is 3.66. The maximum absolute atomic E-state index is 5.89. The Bertz CT molecular complexity index is 567. The van der Waals surface area contributed by atoms with Crippen molar-refractivity contribution in [2.24, 2.45) is 0 Å². The van der Waals surface area contributed by atoms with E-state index in [9.17, 15) is 0 Å². The summed E-state index contributed by atoms with van der Waals surface area (Å²) in [6.07, 6.45) is 1.78. The van der Waals surface area contributed by atoms with Crippen LogP contribution < -0.4 is 5.32 Å². The normalized spacial score (nSPS) is 20.2. The summed E-state index contributed by atoms with van der Waals surface area (Å²) in [5, 5.41) is 4.11. The summed E-state index contributed by atoms with van der Waals surface area (Å²) in [6, 6.07) is 8.12. The molecule has 0 spiro atoms. The smallest absolute Gasteiger partial charge is 0.209 e. The molecule has 1 aliphatic heterocycles. The molecule has 1 atom stereocenters. The molecule has 0 bridgehead atoms. The molecular formula is C15H18ClN3O. The standard InChI is InChI=1S/C15H18ClN3O/c1-11-8-17-6-7-19(11)10-15-18-9-14(20-15)12-2-4-13(16)5-3-12/h2-5,9,11,17H,6-8,10H2,1H3. The van der Waals surface area contributed by atoms with Gasteiger partial charge in [-0.2, -0.15) is 0 Å². The van der Waals surface area contributed by atoms with E-state index in [0.717, 1.165) is 48.4 Å². The molecule has 1 N–H and O–H groups in total. The Morgan fingerprint density at radius 1 is 1.40 bits per heavy atom. The van der Waals surface area contributed by atoms with Crippen LogP contribution in [0.15, 0.2) is 34.9 Å². The zero-order valence-electron chi connectivity index (χ0n) is 11.5. The number of nitrogens with one attached hydrogen (secondary N) is 1. The lowest BCUT2D eigenvalue weighted by Crippen LogP contribution is -2.49. The molecule has 1 fully saturated rings. The van der Waals surface area contributed by atoms with Gasteiger partial charge in [-0.15, -0.1) is 0 Å². The minimum absolute atomic E-state index is 0.509. The second-order valence-corrected chi connectivity index (χ2v) is 5.59. The van der Waals surface area contributed by atoms with Crippen LogP contribution in [-0.2, 0) is 6.54 Å². The third-order valence-corrected chi connectivity index (χ3v) is 3.91. The van der Waals surface area contributed by atoms with Crippen molar-refractivity contribution >= 4 is 11.6 Å². The Hall–Kier alpha value is -1.36. The quantitative estimate of drug-likeness (QED) is 0.944. The second kappa shape index (κ2) is 5.95. The first-order valence-electron chi connectivity index (χ1n) is 6.88. The van der Waals surface area contributed by atoms with Gasteiger partial charge in [-0.3, -0.25) is 4.90 Å². The summed E-state index contributed by atoms with van der Waals surface area (Å²) in [4.78, 5) is 6.76. The zero-order valence-corrected chi connectivity index (χ0v) is 12.2. The first kappa shape index (κ1) is 13.6. The van der Waals surface area contributed by atoms with Crippen LogP contribution in [0.1, 0.15) is 12.8 Å². The highest BCUT2D eigenvalue weighted by Gasteiger charge is 2.19. The fourth-order valence-corrected chi connectivity index (χ4v) is 2.55. The molecular weight excluding hydrogens is 274 g/mol. The highest BCUT2D eigenvalue weighted by molar-refractivity contribution is 6.30. The van der Waals surface area contributed by atoms with E-state index in [1.165, 1.54) is 0 Å². The molecule has 1 aliphatic rings. The Morgan fingerprint density at radius 2 is 2.20 bits per heavy atom. The Morgan fingerprint density at radius 3 is 2.95 bits per heavy atom. The topological polar surface area (TPSA) is 41.3 Å². The zero-order chi connectivity index (χ0) is 13.9. The average Bonchev–Trinajstić information content (AvgIpc) is 2.91. The number of rotatable bonds is 3. The van der Waals surface area contributed by atoms with Crippen LogP contribution in [0.25, 0.3) is 11.3 Å². The number of aromatic nitrogens is 1. The summed E-state index contributed by atoms with van der Waals surface area (Å²) in [5.41, 5.74) is 1.00. The molecule has 1 aromatic heterocycles. The molecule has 1 unspecified atom stereocenters. The SMILES string of the molecule is CC1CNCCN1Cc1ncc(-c2ccc(Cl)cc2)o1. The summed E-state index contributed by atoms with van der Waals surface area (Å²) < 4.78 is 5.84. The number of hydrogen-bond acceptors (Lipinski definition) is 4. The van der Waals surface area contributed by atoms with Crippen molar-refractivity contribution in [3.05, 3.63) is 41.4 Å². The van der Waals surface area contributed by atoms with E-state index in [1.54, 1.807) is 6.20 Å². The van der Waals surface area contributed by atoms with Crippen molar-refractivity contribution in [1.82, 2.24) is 15.2 Å². The summed E-state index contributed by atoms with van der Waals surface area (Å²) in [5.74, 6) is 1.56. The molecule has 0 radical (unpaired) electrons. The molecule has 2 heterocycles. The number of hydrogen-bond donors (Lipinski definition) is 1. The van der Waals surface area contributed by atoms with Crippen LogP contribution in [0, 0.1) is 0 Å². The third kappa shape index (κ3) is 3.03. The maximum atomic E-state index is 5.89. The van der Waals surface area contributed by atoms with Gasteiger partial charge in [-0.05, 0) is 31.2 Å². The van der Waals surface area contributed by atoms with Crippen LogP contribution in [-0.4, -0.2) is 35.6 Å². The number of oxazole rings is 1. The molecule has 1 aromatic carbocycles. The summed E-state index contributed by atoms with van der Waals surface area (Å²) in [7, 11) is 0. The van der Waals surface area contributed by atoms with Crippen LogP contribution in [0.3, 0.4) is 0 Å². The van der Waals surface area contributed by atoms with E-state index in [0.29, 0.717) is 6.04 Å². The largest absolute Gasteiger partial charge is 0.439 e. The molecule has 106 valence electrons. The Kier molecular flexibility index (Phi) is 4.05. The van der Waals surface area contributed by atoms with Crippen LogP contribution in [0.4, 0.5) is 0 Å². The molecule has 4 nitrogen and oxygen atoms in total. The van der Waals surface area contributed by atoms with Gasteiger partial charge < -0.3 is 9.73 Å². The fraction of sp³-hybridized carbons (Fsp3) is 0.400. The van der Waals surface area contributed by atoms with Crippen molar-refractivity contribution in [3.8, 4) is 11.3 Å². The van der Waals surface area contributed by atoms with Gasteiger partial charge in [0, 0.05) is 36.3 Å². The predicted octanol–water partition coefficient (Wildman–Crippen LogP) is 2.79. The first-order chi connectivity index (χ1) is 9.72. The van der Waals surface area contributed by atoms with E-state index >= 15 is 0 Å². The van der Waals surface area contributed by atoms with E-state index in [4.69, 9.17) is 16.0 Å².